The lowest BCUT2D eigenvalue weighted by molar-refractivity contribution is -0.120. The van der Waals surface area contributed by atoms with Crippen LogP contribution in [0.2, 0.25) is 0 Å². The number of nitrogens with one attached hydrogen (secondary N) is 2. The number of hydrogen-bond donors (Lipinski definition) is 2. The van der Waals surface area contributed by atoms with Crippen LogP contribution in [0.4, 0.5) is 0 Å². The molecule has 9 heteroatoms. The van der Waals surface area contributed by atoms with Crippen LogP contribution in [0.25, 0.3) is 16.2 Å². The van der Waals surface area contributed by atoms with Crippen molar-refractivity contribution in [2.45, 2.75) is 18.7 Å². The van der Waals surface area contributed by atoms with Crippen LogP contribution in [0.15, 0.2) is 66.2 Å². The second kappa shape index (κ2) is 9.01. The Kier molecular flexibility index (Phi) is 6.17. The zero-order valence-corrected chi connectivity index (χ0v) is 18.5. The molecule has 7 nitrogen and oxygen atoms in total. The van der Waals surface area contributed by atoms with E-state index in [-0.39, 0.29) is 18.1 Å². The Morgan fingerprint density at radius 1 is 1.06 bits per heavy atom. The third-order valence-electron chi connectivity index (χ3n) is 4.87. The number of rotatable bonds is 8. The van der Waals surface area contributed by atoms with Gasteiger partial charge in [-0.25, -0.2) is 18.1 Å². The van der Waals surface area contributed by atoms with E-state index in [9.17, 15) is 13.2 Å². The molecule has 0 fully saturated rings. The predicted molar refractivity (Wildman–Crippen MR) is 122 cm³/mol. The van der Waals surface area contributed by atoms with Crippen molar-refractivity contribution in [3.8, 4) is 11.3 Å². The fraction of sp³-hybridized carbons (Fsp3) is 0.182. The van der Waals surface area contributed by atoms with E-state index in [0.29, 0.717) is 12.1 Å². The molecule has 4 aromatic rings. The molecular formula is C22H22N4O3S2. The maximum atomic E-state index is 12.5. The van der Waals surface area contributed by atoms with Crippen molar-refractivity contribution in [2.24, 2.45) is 0 Å². The summed E-state index contributed by atoms with van der Waals surface area (Å²) in [5.74, 6) is -0.156. The molecule has 0 radical (unpaired) electrons. The minimum absolute atomic E-state index is 0.0693. The molecule has 2 aromatic heterocycles. The van der Waals surface area contributed by atoms with Gasteiger partial charge in [0.1, 0.15) is 0 Å². The third-order valence-corrected chi connectivity index (χ3v) is 7.10. The number of aromatic nitrogens is 2. The first-order chi connectivity index (χ1) is 14.9. The molecule has 31 heavy (non-hydrogen) atoms. The minimum Gasteiger partial charge on any atom is -0.352 e. The molecule has 160 valence electrons. The molecule has 0 saturated carbocycles. The summed E-state index contributed by atoms with van der Waals surface area (Å²) in [5.41, 5.74) is 4.41. The van der Waals surface area contributed by atoms with Crippen LogP contribution < -0.4 is 10.0 Å². The highest BCUT2D eigenvalue weighted by molar-refractivity contribution is 7.88. The molecule has 2 aromatic carbocycles. The molecule has 0 aliphatic rings. The number of imidazole rings is 1. The van der Waals surface area contributed by atoms with E-state index in [4.69, 9.17) is 0 Å². The van der Waals surface area contributed by atoms with Gasteiger partial charge >= 0.3 is 0 Å². The average Bonchev–Trinajstić information content (AvgIpc) is 3.36. The molecule has 0 aliphatic carbocycles. The Bertz CT molecular complexity index is 1290. The van der Waals surface area contributed by atoms with Crippen molar-refractivity contribution < 1.29 is 13.2 Å². The summed E-state index contributed by atoms with van der Waals surface area (Å²) in [6.45, 7) is 0.379. The van der Waals surface area contributed by atoms with E-state index in [2.05, 4.69) is 15.0 Å². The molecule has 2 N–H and O–H groups in total. The Balaban J connectivity index is 1.37. The monoisotopic (exact) mass is 454 g/mol. The number of carbonyl (C=O) groups is 1. The van der Waals surface area contributed by atoms with Gasteiger partial charge in [-0.1, -0.05) is 54.6 Å². The van der Waals surface area contributed by atoms with Crippen molar-refractivity contribution in [3.63, 3.8) is 0 Å². The van der Waals surface area contributed by atoms with Gasteiger partial charge in [-0.05, 0) is 18.2 Å². The molecule has 4 rings (SSSR count). The second-order valence-electron chi connectivity index (χ2n) is 7.10. The topological polar surface area (TPSA) is 92.6 Å². The van der Waals surface area contributed by atoms with Gasteiger partial charge in [0.25, 0.3) is 0 Å². The van der Waals surface area contributed by atoms with Crippen molar-refractivity contribution in [1.82, 2.24) is 19.4 Å². The molecule has 0 bridgehead atoms. The highest BCUT2D eigenvalue weighted by Gasteiger charge is 2.13. The summed E-state index contributed by atoms with van der Waals surface area (Å²) in [6.07, 6.45) is 2.21. The molecule has 1 amide bonds. The summed E-state index contributed by atoms with van der Waals surface area (Å²) in [7, 11) is -1.90. The van der Waals surface area contributed by atoms with Crippen LogP contribution in [0, 0.1) is 0 Å². The zero-order valence-electron chi connectivity index (χ0n) is 16.9. The van der Waals surface area contributed by atoms with E-state index in [1.807, 2.05) is 58.4 Å². The first-order valence-electron chi connectivity index (χ1n) is 9.70. The molecule has 0 aliphatic heterocycles. The van der Waals surface area contributed by atoms with Crippen LogP contribution in [0.3, 0.4) is 0 Å². The lowest BCUT2D eigenvalue weighted by atomic mass is 10.1. The van der Waals surface area contributed by atoms with Crippen LogP contribution in [0.5, 0.6) is 0 Å². The largest absolute Gasteiger partial charge is 0.352 e. The van der Waals surface area contributed by atoms with Gasteiger partial charge in [-0.3, -0.25) is 9.20 Å². The van der Waals surface area contributed by atoms with Crippen molar-refractivity contribution in [3.05, 3.63) is 83.0 Å². The second-order valence-corrected chi connectivity index (χ2v) is 9.87. The minimum atomic E-state index is -3.30. The van der Waals surface area contributed by atoms with Crippen molar-refractivity contribution >= 4 is 32.2 Å². The Morgan fingerprint density at radius 3 is 2.48 bits per heavy atom. The highest BCUT2D eigenvalue weighted by Crippen LogP contribution is 2.23. The number of fused-ring (bicyclic) bond motifs is 1. The molecular weight excluding hydrogens is 432 g/mol. The predicted octanol–water partition coefficient (Wildman–Crippen LogP) is 2.97. The normalized spacial score (nSPS) is 11.6. The van der Waals surface area contributed by atoms with E-state index < -0.39 is 10.0 Å². The number of sulfonamides is 1. The summed E-state index contributed by atoms with van der Waals surface area (Å²) >= 11 is 1.51. The first kappa shape index (κ1) is 21.2. The summed E-state index contributed by atoms with van der Waals surface area (Å²) in [6, 6.07) is 17.1. The lowest BCUT2D eigenvalue weighted by Crippen LogP contribution is -2.25. The first-order valence-corrected chi connectivity index (χ1v) is 12.2. The summed E-state index contributed by atoms with van der Waals surface area (Å²) in [5, 5.41) is 4.87. The number of amides is 1. The standard InChI is InChI=1S/C22H22N4O3S2/c1-23-31(28,29)15-17-9-7-16(8-10-17)12-24-21(27)11-19-14-30-22-25-20(13-26(19)22)18-5-3-2-4-6-18/h2-10,13-14,23H,11-12,15H2,1H3,(H,24,27). The Morgan fingerprint density at radius 2 is 1.77 bits per heavy atom. The van der Waals surface area contributed by atoms with E-state index >= 15 is 0 Å². The van der Waals surface area contributed by atoms with E-state index in [1.165, 1.54) is 18.4 Å². The molecule has 0 spiro atoms. The number of benzene rings is 2. The van der Waals surface area contributed by atoms with Gasteiger partial charge < -0.3 is 5.32 Å². The maximum Gasteiger partial charge on any atom is 0.226 e. The fourth-order valence-corrected chi connectivity index (χ4v) is 4.83. The summed E-state index contributed by atoms with van der Waals surface area (Å²) < 4.78 is 27.5. The number of nitrogens with zero attached hydrogens (tertiary/aromatic N) is 2. The maximum absolute atomic E-state index is 12.5. The summed E-state index contributed by atoms with van der Waals surface area (Å²) in [4.78, 5) is 18.0. The lowest BCUT2D eigenvalue weighted by Gasteiger charge is -2.07. The SMILES string of the molecule is CNS(=O)(=O)Cc1ccc(CNC(=O)Cc2csc3nc(-c4ccccc4)cn23)cc1. The molecule has 0 atom stereocenters. The van der Waals surface area contributed by atoms with Crippen molar-refractivity contribution in [2.75, 3.05) is 7.05 Å². The molecule has 2 heterocycles. The Hall–Kier alpha value is -3.01. The van der Waals surface area contributed by atoms with Crippen LogP contribution in [0.1, 0.15) is 16.8 Å². The third kappa shape index (κ3) is 5.19. The number of thiazole rings is 1. The average molecular weight is 455 g/mol. The van der Waals surface area contributed by atoms with Crippen molar-refractivity contribution in [1.29, 1.82) is 0 Å². The fourth-order valence-electron chi connectivity index (χ4n) is 3.18. The number of hydrogen-bond acceptors (Lipinski definition) is 5. The van der Waals surface area contributed by atoms with Gasteiger partial charge in [-0.2, -0.15) is 0 Å². The molecule has 0 unspecified atom stereocenters. The number of carbonyl (C=O) groups excluding carboxylic acids is 1. The van der Waals surface area contributed by atoms with E-state index in [0.717, 1.165) is 27.5 Å². The van der Waals surface area contributed by atoms with E-state index in [1.54, 1.807) is 12.1 Å². The Labute approximate surface area is 184 Å². The molecule has 0 saturated heterocycles. The quantitative estimate of drug-likeness (QED) is 0.428. The van der Waals surface area contributed by atoms with Crippen LogP contribution >= 0.6 is 11.3 Å². The van der Waals surface area contributed by atoms with Gasteiger partial charge in [-0.15, -0.1) is 11.3 Å². The van der Waals surface area contributed by atoms with Crippen LogP contribution in [-0.4, -0.2) is 30.8 Å². The van der Waals surface area contributed by atoms with Crippen LogP contribution in [-0.2, 0) is 33.5 Å². The highest BCUT2D eigenvalue weighted by atomic mass is 32.2. The van der Waals surface area contributed by atoms with Gasteiger partial charge in [0.05, 0.1) is 17.9 Å². The zero-order chi connectivity index (χ0) is 21.8. The van der Waals surface area contributed by atoms with Gasteiger partial charge in [0.2, 0.25) is 15.9 Å². The van der Waals surface area contributed by atoms with Gasteiger partial charge in [0, 0.05) is 29.4 Å². The van der Waals surface area contributed by atoms with Gasteiger partial charge in [0.15, 0.2) is 4.96 Å². The smallest absolute Gasteiger partial charge is 0.226 e.